The van der Waals surface area contributed by atoms with Crippen LogP contribution in [0.1, 0.15) is 5.76 Å². The minimum absolute atomic E-state index is 0.328. The van der Waals surface area contributed by atoms with Crippen molar-refractivity contribution in [3.8, 4) is 5.75 Å². The smallest absolute Gasteiger partial charge is 0.336 e. The van der Waals surface area contributed by atoms with Crippen LogP contribution in [0.4, 0.5) is 5.69 Å². The molecule has 0 aliphatic heterocycles. The molecule has 1 N–H and O–H groups in total. The van der Waals surface area contributed by atoms with E-state index >= 15 is 0 Å². The fourth-order valence-electron chi connectivity index (χ4n) is 2.73. The lowest BCUT2D eigenvalue weighted by molar-refractivity contribution is -0.111. The summed E-state index contributed by atoms with van der Waals surface area (Å²) in [4.78, 5) is 23.5. The molecule has 2 aromatic heterocycles. The summed E-state index contributed by atoms with van der Waals surface area (Å²) in [6, 6.07) is 15.4. The number of hydrogen-bond acceptors (Lipinski definition) is 5. The van der Waals surface area contributed by atoms with E-state index in [0.717, 1.165) is 16.5 Å². The second-order valence-electron chi connectivity index (χ2n) is 5.88. The van der Waals surface area contributed by atoms with Gasteiger partial charge in [0.1, 0.15) is 22.7 Å². The van der Waals surface area contributed by atoms with Gasteiger partial charge in [0, 0.05) is 34.7 Å². The maximum atomic E-state index is 12.2. The second-order valence-corrected chi connectivity index (χ2v) is 5.88. The van der Waals surface area contributed by atoms with Crippen LogP contribution in [-0.4, -0.2) is 13.0 Å². The minimum Gasteiger partial charge on any atom is -0.497 e. The summed E-state index contributed by atoms with van der Waals surface area (Å²) in [5, 5.41) is 4.39. The van der Waals surface area contributed by atoms with Crippen LogP contribution in [0.5, 0.6) is 5.75 Å². The standard InChI is InChI=1S/C21H15NO5/c1-25-16-5-7-18-14(10-16)11-17(26-18)6-8-20(23)22-15-4-2-13-3-9-21(24)27-19(13)12-15/h2-12H,1H3,(H,22,23). The van der Waals surface area contributed by atoms with Crippen molar-refractivity contribution in [3.63, 3.8) is 0 Å². The van der Waals surface area contributed by atoms with Crippen LogP contribution < -0.4 is 15.7 Å². The van der Waals surface area contributed by atoms with Crippen molar-refractivity contribution in [2.45, 2.75) is 0 Å². The lowest BCUT2D eigenvalue weighted by atomic mass is 10.2. The molecule has 6 heteroatoms. The van der Waals surface area contributed by atoms with E-state index in [1.165, 1.54) is 12.1 Å². The van der Waals surface area contributed by atoms with Gasteiger partial charge in [-0.25, -0.2) is 4.79 Å². The van der Waals surface area contributed by atoms with Gasteiger partial charge in [-0.1, -0.05) is 0 Å². The molecule has 1 amide bonds. The molecule has 6 nitrogen and oxygen atoms in total. The number of fused-ring (bicyclic) bond motifs is 2. The van der Waals surface area contributed by atoms with Gasteiger partial charge in [-0.15, -0.1) is 0 Å². The molecule has 0 fully saturated rings. The third-order valence-corrected chi connectivity index (χ3v) is 4.03. The average molecular weight is 361 g/mol. The molecule has 0 radical (unpaired) electrons. The number of carbonyl (C=O) groups is 1. The minimum atomic E-state index is -0.438. The Balaban J connectivity index is 1.51. The Kier molecular flexibility index (Phi) is 4.22. The number of carbonyl (C=O) groups excluding carboxylic acids is 1. The summed E-state index contributed by atoms with van der Waals surface area (Å²) < 4.78 is 16.0. The Morgan fingerprint density at radius 2 is 1.81 bits per heavy atom. The van der Waals surface area contributed by atoms with E-state index in [0.29, 0.717) is 22.6 Å². The average Bonchev–Trinajstić information content (AvgIpc) is 3.08. The van der Waals surface area contributed by atoms with E-state index in [1.54, 1.807) is 37.5 Å². The Hall–Kier alpha value is -3.80. The molecule has 134 valence electrons. The van der Waals surface area contributed by atoms with Gasteiger partial charge in [-0.3, -0.25) is 4.79 Å². The summed E-state index contributed by atoms with van der Waals surface area (Å²) in [7, 11) is 1.60. The molecule has 27 heavy (non-hydrogen) atoms. The number of benzene rings is 2. The van der Waals surface area contributed by atoms with Crippen LogP contribution in [0.25, 0.3) is 28.0 Å². The molecule has 0 aliphatic rings. The normalized spacial score (nSPS) is 11.3. The van der Waals surface area contributed by atoms with Crippen molar-refractivity contribution in [1.29, 1.82) is 0 Å². The van der Waals surface area contributed by atoms with E-state index in [9.17, 15) is 9.59 Å². The highest BCUT2D eigenvalue weighted by Gasteiger charge is 2.05. The quantitative estimate of drug-likeness (QED) is 0.435. The maximum absolute atomic E-state index is 12.2. The summed E-state index contributed by atoms with van der Waals surface area (Å²) in [5.41, 5.74) is 1.21. The molecule has 0 aliphatic carbocycles. The third kappa shape index (κ3) is 3.59. The zero-order valence-electron chi connectivity index (χ0n) is 14.4. The summed E-state index contributed by atoms with van der Waals surface area (Å²) >= 11 is 0. The van der Waals surface area contributed by atoms with E-state index in [2.05, 4.69) is 5.32 Å². The SMILES string of the molecule is COc1ccc2oc(C=CC(=O)Nc3ccc4ccc(=O)oc4c3)cc2c1. The number of rotatable bonds is 4. The van der Waals surface area contributed by atoms with Crippen molar-refractivity contribution < 1.29 is 18.4 Å². The highest BCUT2D eigenvalue weighted by Crippen LogP contribution is 2.25. The van der Waals surface area contributed by atoms with Crippen LogP contribution in [0.2, 0.25) is 0 Å². The van der Waals surface area contributed by atoms with E-state index in [1.807, 2.05) is 24.3 Å². The molecular weight excluding hydrogens is 346 g/mol. The monoisotopic (exact) mass is 361 g/mol. The molecule has 0 unspecified atom stereocenters. The third-order valence-electron chi connectivity index (χ3n) is 4.03. The Labute approximate surface area is 153 Å². The molecule has 0 atom stereocenters. The van der Waals surface area contributed by atoms with Crippen LogP contribution in [0, 0.1) is 0 Å². The maximum Gasteiger partial charge on any atom is 0.336 e. The summed E-state index contributed by atoms with van der Waals surface area (Å²) in [5.74, 6) is 0.961. The van der Waals surface area contributed by atoms with Crippen LogP contribution in [0.3, 0.4) is 0 Å². The molecule has 4 rings (SSSR count). The summed E-state index contributed by atoms with van der Waals surface area (Å²) in [6.45, 7) is 0. The van der Waals surface area contributed by atoms with E-state index in [-0.39, 0.29) is 5.91 Å². The van der Waals surface area contributed by atoms with Crippen LogP contribution in [0.15, 0.2) is 74.3 Å². The first kappa shape index (κ1) is 16.7. The number of methoxy groups -OCH3 is 1. The highest BCUT2D eigenvalue weighted by molar-refractivity contribution is 6.02. The number of furan rings is 1. The van der Waals surface area contributed by atoms with E-state index in [4.69, 9.17) is 13.6 Å². The zero-order chi connectivity index (χ0) is 18.8. The molecule has 4 aromatic rings. The van der Waals surface area contributed by atoms with Gasteiger partial charge in [0.25, 0.3) is 0 Å². The van der Waals surface area contributed by atoms with Gasteiger partial charge in [0.05, 0.1) is 7.11 Å². The molecule has 0 saturated carbocycles. The first-order chi connectivity index (χ1) is 13.1. The van der Waals surface area contributed by atoms with Crippen molar-refractivity contribution >= 4 is 39.6 Å². The van der Waals surface area contributed by atoms with Crippen LogP contribution in [-0.2, 0) is 4.79 Å². The van der Waals surface area contributed by atoms with E-state index < -0.39 is 5.63 Å². The van der Waals surface area contributed by atoms with Gasteiger partial charge in [0.15, 0.2) is 0 Å². The van der Waals surface area contributed by atoms with Crippen molar-refractivity contribution in [2.75, 3.05) is 12.4 Å². The number of anilines is 1. The Bertz CT molecular complexity index is 1230. The Morgan fingerprint density at radius 3 is 2.67 bits per heavy atom. The highest BCUT2D eigenvalue weighted by atomic mass is 16.5. The topological polar surface area (TPSA) is 81.7 Å². The molecular formula is C21H15NO5. The molecule has 0 bridgehead atoms. The fraction of sp³-hybridized carbons (Fsp3) is 0.0476. The molecule has 0 spiro atoms. The van der Waals surface area contributed by atoms with Gasteiger partial charge >= 0.3 is 5.63 Å². The first-order valence-corrected chi connectivity index (χ1v) is 8.21. The van der Waals surface area contributed by atoms with Gasteiger partial charge in [-0.05, 0) is 48.5 Å². The fourth-order valence-corrected chi connectivity index (χ4v) is 2.73. The predicted octanol–water partition coefficient (Wildman–Crippen LogP) is 4.20. The molecule has 2 aromatic carbocycles. The lowest BCUT2D eigenvalue weighted by Crippen LogP contribution is -2.07. The zero-order valence-corrected chi connectivity index (χ0v) is 14.4. The number of amides is 1. The second kappa shape index (κ2) is 6.84. The largest absolute Gasteiger partial charge is 0.497 e. The Morgan fingerprint density at radius 1 is 0.963 bits per heavy atom. The van der Waals surface area contributed by atoms with Crippen molar-refractivity contribution in [1.82, 2.24) is 0 Å². The number of hydrogen-bond donors (Lipinski definition) is 1. The number of ether oxygens (including phenoxy) is 1. The van der Waals surface area contributed by atoms with Gasteiger partial charge in [0.2, 0.25) is 5.91 Å². The predicted molar refractivity (Wildman–Crippen MR) is 103 cm³/mol. The molecule has 2 heterocycles. The summed E-state index contributed by atoms with van der Waals surface area (Å²) in [6.07, 6.45) is 2.96. The number of nitrogens with one attached hydrogen (secondary N) is 1. The lowest BCUT2D eigenvalue weighted by Gasteiger charge is -2.03. The molecule has 0 saturated heterocycles. The first-order valence-electron chi connectivity index (χ1n) is 8.21. The van der Waals surface area contributed by atoms with Gasteiger partial charge < -0.3 is 18.9 Å². The van der Waals surface area contributed by atoms with Gasteiger partial charge in [-0.2, -0.15) is 0 Å². The van der Waals surface area contributed by atoms with Crippen molar-refractivity contribution in [3.05, 3.63) is 76.9 Å². The van der Waals surface area contributed by atoms with Crippen molar-refractivity contribution in [2.24, 2.45) is 0 Å². The van der Waals surface area contributed by atoms with Crippen LogP contribution >= 0.6 is 0 Å².